The second-order valence-corrected chi connectivity index (χ2v) is 8.44. The Kier molecular flexibility index (Phi) is 12.9. The number of hydrogen-bond donors (Lipinski definition) is 2. The summed E-state index contributed by atoms with van der Waals surface area (Å²) >= 11 is 0. The minimum atomic E-state index is -2.97. The lowest BCUT2D eigenvalue weighted by Gasteiger charge is -2.12. The normalized spacial score (nSPS) is 11.8. The van der Waals surface area contributed by atoms with Gasteiger partial charge in [0.05, 0.1) is 25.5 Å². The predicted molar refractivity (Wildman–Crippen MR) is 120 cm³/mol. The van der Waals surface area contributed by atoms with Crippen LogP contribution in [0.3, 0.4) is 0 Å². The minimum Gasteiger partial charge on any atom is -0.378 e. The number of hydrogen-bond acceptors (Lipinski definition) is 4. The molecule has 1 aromatic rings. The molecule has 6 nitrogen and oxygen atoms in total. The lowest BCUT2D eigenvalue weighted by Crippen LogP contribution is -2.38. The van der Waals surface area contributed by atoms with Crippen LogP contribution < -0.4 is 10.6 Å². The van der Waals surface area contributed by atoms with Crippen molar-refractivity contribution in [3.8, 4) is 0 Å². The van der Waals surface area contributed by atoms with Crippen molar-refractivity contribution in [1.82, 2.24) is 10.6 Å². The van der Waals surface area contributed by atoms with Gasteiger partial charge in [0.25, 0.3) is 0 Å². The van der Waals surface area contributed by atoms with E-state index in [0.29, 0.717) is 13.2 Å². The van der Waals surface area contributed by atoms with E-state index >= 15 is 0 Å². The molecule has 2 N–H and O–H groups in total. The molecule has 1 rings (SSSR count). The molecule has 0 unspecified atom stereocenters. The van der Waals surface area contributed by atoms with Gasteiger partial charge in [-0.3, -0.25) is 4.99 Å². The van der Waals surface area contributed by atoms with Crippen molar-refractivity contribution in [2.75, 3.05) is 44.9 Å². The molecule has 0 aliphatic heterocycles. The number of nitrogens with one attached hydrogen (secondary N) is 2. The van der Waals surface area contributed by atoms with Crippen LogP contribution in [0.15, 0.2) is 23.2 Å². The topological polar surface area (TPSA) is 79.8 Å². The Balaban J connectivity index is 0.00000625. The first-order valence-electron chi connectivity index (χ1n) is 8.65. The number of rotatable bonds is 10. The number of halogens is 1. The third kappa shape index (κ3) is 12.5. The number of ether oxygens (including phenoxy) is 1. The fraction of sp³-hybridized carbons (Fsp3) is 0.611. The van der Waals surface area contributed by atoms with E-state index < -0.39 is 9.84 Å². The largest absolute Gasteiger partial charge is 0.378 e. The molecule has 0 fully saturated rings. The summed E-state index contributed by atoms with van der Waals surface area (Å²) in [6.45, 7) is 8.92. The SMILES string of the molecule is CCNC(=NCCOCCS(C)(=O)=O)NCCc1cc(C)cc(C)c1.I. The zero-order valence-electron chi connectivity index (χ0n) is 16.2. The van der Waals surface area contributed by atoms with Gasteiger partial charge in [-0.15, -0.1) is 24.0 Å². The molecule has 0 heterocycles. The summed E-state index contributed by atoms with van der Waals surface area (Å²) in [5.41, 5.74) is 3.87. The Morgan fingerprint density at radius 2 is 1.77 bits per heavy atom. The summed E-state index contributed by atoms with van der Waals surface area (Å²) in [7, 11) is -2.97. The van der Waals surface area contributed by atoms with Crippen molar-refractivity contribution in [1.29, 1.82) is 0 Å². The predicted octanol–water partition coefficient (Wildman–Crippen LogP) is 2.08. The Morgan fingerprint density at radius 3 is 2.35 bits per heavy atom. The molecule has 150 valence electrons. The summed E-state index contributed by atoms with van der Waals surface area (Å²) < 4.78 is 27.3. The summed E-state index contributed by atoms with van der Waals surface area (Å²) in [6.07, 6.45) is 2.13. The molecule has 1 aromatic carbocycles. The first kappa shape index (κ1) is 25.1. The first-order chi connectivity index (χ1) is 11.8. The molecular formula is C18H32IN3O3S. The van der Waals surface area contributed by atoms with Gasteiger partial charge in [-0.2, -0.15) is 0 Å². The zero-order valence-corrected chi connectivity index (χ0v) is 19.3. The third-order valence-electron chi connectivity index (χ3n) is 3.44. The minimum absolute atomic E-state index is 0. The Morgan fingerprint density at radius 1 is 1.12 bits per heavy atom. The standard InChI is InChI=1S/C18H31N3O3S.HI/c1-5-19-18(21-8-9-24-10-11-25(4,22)23)20-7-6-17-13-15(2)12-16(3)14-17;/h12-14H,5-11H2,1-4H3,(H2,19,20,21);1H. The van der Waals surface area contributed by atoms with Crippen LogP contribution in [0.4, 0.5) is 0 Å². The van der Waals surface area contributed by atoms with E-state index in [1.54, 1.807) is 0 Å². The Hall–Kier alpha value is -0.870. The van der Waals surface area contributed by atoms with Crippen LogP contribution in [0, 0.1) is 13.8 Å². The maximum atomic E-state index is 11.0. The number of aryl methyl sites for hydroxylation is 2. The van der Waals surface area contributed by atoms with Crippen molar-refractivity contribution < 1.29 is 13.2 Å². The number of aliphatic imine (C=N–C) groups is 1. The van der Waals surface area contributed by atoms with E-state index in [1.807, 2.05) is 6.92 Å². The van der Waals surface area contributed by atoms with E-state index in [4.69, 9.17) is 4.74 Å². The van der Waals surface area contributed by atoms with Gasteiger partial charge in [0.15, 0.2) is 5.96 Å². The zero-order chi connectivity index (χ0) is 18.7. The quantitative estimate of drug-likeness (QED) is 0.224. The number of nitrogens with zero attached hydrogens (tertiary/aromatic N) is 1. The smallest absolute Gasteiger partial charge is 0.191 e. The third-order valence-corrected chi connectivity index (χ3v) is 4.34. The molecule has 0 bridgehead atoms. The van der Waals surface area contributed by atoms with Crippen LogP contribution in [0.2, 0.25) is 0 Å². The average molecular weight is 497 g/mol. The molecule has 26 heavy (non-hydrogen) atoms. The highest BCUT2D eigenvalue weighted by atomic mass is 127. The molecule has 0 saturated carbocycles. The maximum Gasteiger partial charge on any atom is 0.191 e. The highest BCUT2D eigenvalue weighted by Crippen LogP contribution is 2.08. The van der Waals surface area contributed by atoms with E-state index in [-0.39, 0.29) is 36.3 Å². The van der Waals surface area contributed by atoms with Gasteiger partial charge < -0.3 is 15.4 Å². The summed E-state index contributed by atoms with van der Waals surface area (Å²) in [5, 5.41) is 6.50. The Bertz CT molecular complexity index is 643. The molecule has 8 heteroatoms. The van der Waals surface area contributed by atoms with Crippen LogP contribution in [-0.2, 0) is 21.0 Å². The molecule has 0 aliphatic rings. The van der Waals surface area contributed by atoms with Gasteiger partial charge >= 0.3 is 0 Å². The number of benzene rings is 1. The van der Waals surface area contributed by atoms with Crippen molar-refractivity contribution >= 4 is 39.8 Å². The average Bonchev–Trinajstić information content (AvgIpc) is 2.48. The van der Waals surface area contributed by atoms with Gasteiger partial charge in [-0.1, -0.05) is 29.3 Å². The van der Waals surface area contributed by atoms with Crippen LogP contribution in [0.5, 0.6) is 0 Å². The summed E-state index contributed by atoms with van der Waals surface area (Å²) in [4.78, 5) is 4.43. The fourth-order valence-corrected chi connectivity index (χ4v) is 2.84. The fourth-order valence-electron chi connectivity index (χ4n) is 2.41. The summed E-state index contributed by atoms with van der Waals surface area (Å²) in [5.74, 6) is 0.795. The van der Waals surface area contributed by atoms with Crippen molar-refractivity contribution in [2.45, 2.75) is 27.2 Å². The molecule has 0 aliphatic carbocycles. The van der Waals surface area contributed by atoms with Crippen molar-refractivity contribution in [3.05, 3.63) is 34.9 Å². The Labute approximate surface area is 175 Å². The van der Waals surface area contributed by atoms with E-state index in [0.717, 1.165) is 25.5 Å². The van der Waals surface area contributed by atoms with Gasteiger partial charge in [0.1, 0.15) is 9.84 Å². The van der Waals surface area contributed by atoms with E-state index in [2.05, 4.69) is 47.7 Å². The lowest BCUT2D eigenvalue weighted by molar-refractivity contribution is 0.157. The second kappa shape index (κ2) is 13.3. The van der Waals surface area contributed by atoms with Crippen LogP contribution >= 0.6 is 24.0 Å². The van der Waals surface area contributed by atoms with Crippen molar-refractivity contribution in [3.63, 3.8) is 0 Å². The maximum absolute atomic E-state index is 11.0. The van der Waals surface area contributed by atoms with Gasteiger partial charge in [-0.05, 0) is 32.8 Å². The number of guanidine groups is 1. The molecule has 0 radical (unpaired) electrons. The molecule has 0 atom stereocenters. The molecule has 0 saturated heterocycles. The highest BCUT2D eigenvalue weighted by molar-refractivity contribution is 14.0. The van der Waals surface area contributed by atoms with Crippen molar-refractivity contribution in [2.24, 2.45) is 4.99 Å². The van der Waals surface area contributed by atoms with Gasteiger partial charge in [0, 0.05) is 19.3 Å². The molecule has 0 amide bonds. The van der Waals surface area contributed by atoms with Crippen LogP contribution in [0.25, 0.3) is 0 Å². The highest BCUT2D eigenvalue weighted by Gasteiger charge is 2.02. The number of sulfone groups is 1. The van der Waals surface area contributed by atoms with E-state index in [9.17, 15) is 8.42 Å². The molecule has 0 spiro atoms. The van der Waals surface area contributed by atoms with E-state index in [1.165, 1.54) is 22.9 Å². The molecule has 0 aromatic heterocycles. The monoisotopic (exact) mass is 497 g/mol. The first-order valence-corrected chi connectivity index (χ1v) is 10.7. The summed E-state index contributed by atoms with van der Waals surface area (Å²) in [6, 6.07) is 6.58. The van der Waals surface area contributed by atoms with Gasteiger partial charge in [-0.25, -0.2) is 8.42 Å². The second-order valence-electron chi connectivity index (χ2n) is 6.18. The van der Waals surface area contributed by atoms with Gasteiger partial charge in [0.2, 0.25) is 0 Å². The molecular weight excluding hydrogens is 465 g/mol. The van der Waals surface area contributed by atoms with Crippen LogP contribution in [-0.4, -0.2) is 59.2 Å². The van der Waals surface area contributed by atoms with Crippen LogP contribution in [0.1, 0.15) is 23.6 Å². The lowest BCUT2D eigenvalue weighted by atomic mass is 10.1.